The Hall–Kier alpha value is -5.65. The Morgan fingerprint density at radius 2 is 1.28 bits per heavy atom. The molecule has 69 heavy (non-hydrogen) atoms. The van der Waals surface area contributed by atoms with E-state index >= 15 is 0 Å². The predicted molar refractivity (Wildman–Crippen MR) is 285 cm³/mol. The van der Waals surface area contributed by atoms with Crippen LogP contribution in [0.5, 0.6) is 5.75 Å². The maximum atomic E-state index is 9.17. The number of methoxy groups -OCH3 is 1. The largest absolute Gasteiger partial charge is 0.497 e. The summed E-state index contributed by atoms with van der Waals surface area (Å²) in [5, 5.41) is 9.17. The van der Waals surface area contributed by atoms with E-state index in [1.807, 2.05) is 12.1 Å². The molecule has 1 atom stereocenters. The van der Waals surface area contributed by atoms with Crippen molar-refractivity contribution < 1.29 is 23.1 Å². The molecule has 2 aliphatic rings. The maximum Gasteiger partial charge on any atom is 0.259 e. The van der Waals surface area contributed by atoms with Crippen molar-refractivity contribution in [3.05, 3.63) is 197 Å². The van der Waals surface area contributed by atoms with Crippen molar-refractivity contribution in [2.24, 2.45) is 0 Å². The van der Waals surface area contributed by atoms with Crippen LogP contribution in [-0.2, 0) is 30.2 Å². The van der Waals surface area contributed by atoms with E-state index in [0.29, 0.717) is 26.2 Å². The average molecular weight is 944 g/mol. The van der Waals surface area contributed by atoms with Crippen LogP contribution in [0, 0.1) is 11.3 Å². The minimum Gasteiger partial charge on any atom is -0.497 e. The SMILES string of the molecule is COc1ccc(C(OCCCN2C(=CC=CC=CC3=[N+](CCCOP(OCCC#N)N(C(C)C)C(C)C)c4ccccc4C3(C)C)C(C)(C)c3ccccc32)(c2ccccc2)c2ccccc2)cc1. The third-order valence-corrected chi connectivity index (χ3v) is 15.5. The number of nitriles is 1. The van der Waals surface area contributed by atoms with Gasteiger partial charge in [0.1, 0.15) is 11.4 Å². The highest BCUT2D eigenvalue weighted by molar-refractivity contribution is 7.44. The van der Waals surface area contributed by atoms with Gasteiger partial charge in [0.25, 0.3) is 8.53 Å². The Labute approximate surface area is 414 Å². The molecule has 0 N–H and O–H groups in total. The quantitative estimate of drug-likeness (QED) is 0.0212. The van der Waals surface area contributed by atoms with Crippen LogP contribution in [0.3, 0.4) is 0 Å². The monoisotopic (exact) mass is 944 g/mol. The van der Waals surface area contributed by atoms with Crippen LogP contribution in [0.15, 0.2) is 170 Å². The number of rotatable bonds is 23. The summed E-state index contributed by atoms with van der Waals surface area (Å²) < 4.78 is 30.2. The molecule has 9 heteroatoms. The molecule has 2 aliphatic heterocycles. The maximum absolute atomic E-state index is 9.17. The van der Waals surface area contributed by atoms with Crippen LogP contribution in [0.4, 0.5) is 11.4 Å². The van der Waals surface area contributed by atoms with E-state index in [-0.39, 0.29) is 22.9 Å². The van der Waals surface area contributed by atoms with Crippen molar-refractivity contribution in [1.82, 2.24) is 4.67 Å². The molecule has 1 unspecified atom stereocenters. The van der Waals surface area contributed by atoms with Crippen LogP contribution >= 0.6 is 8.53 Å². The van der Waals surface area contributed by atoms with Crippen molar-refractivity contribution in [3.8, 4) is 11.8 Å². The highest BCUT2D eigenvalue weighted by Crippen LogP contribution is 2.49. The van der Waals surface area contributed by atoms with Crippen molar-refractivity contribution in [3.63, 3.8) is 0 Å². The second-order valence-corrected chi connectivity index (χ2v) is 20.8. The third kappa shape index (κ3) is 11.2. The van der Waals surface area contributed by atoms with Crippen molar-refractivity contribution in [2.75, 3.05) is 44.9 Å². The van der Waals surface area contributed by atoms with Gasteiger partial charge in [-0.25, -0.2) is 4.67 Å². The minimum atomic E-state index is -1.29. The summed E-state index contributed by atoms with van der Waals surface area (Å²) in [6.07, 6.45) is 13.1. The molecule has 5 aromatic rings. The summed E-state index contributed by atoms with van der Waals surface area (Å²) >= 11 is 0. The average Bonchev–Trinajstić information content (AvgIpc) is 3.70. The van der Waals surface area contributed by atoms with Crippen LogP contribution in [-0.4, -0.2) is 67.1 Å². The molecule has 0 saturated carbocycles. The first-order chi connectivity index (χ1) is 33.4. The molecule has 0 spiro atoms. The fourth-order valence-electron chi connectivity index (χ4n) is 10.2. The van der Waals surface area contributed by atoms with Gasteiger partial charge >= 0.3 is 0 Å². The second kappa shape index (κ2) is 23.3. The summed E-state index contributed by atoms with van der Waals surface area (Å²) in [5.41, 5.74) is 9.66. The fourth-order valence-corrected chi connectivity index (χ4v) is 11.8. The molecule has 2 heterocycles. The number of ether oxygens (including phenoxy) is 2. The first kappa shape index (κ1) is 51.2. The van der Waals surface area contributed by atoms with Crippen molar-refractivity contribution >= 4 is 25.6 Å². The smallest absolute Gasteiger partial charge is 0.259 e. The van der Waals surface area contributed by atoms with Gasteiger partial charge in [-0.1, -0.05) is 141 Å². The Balaban J connectivity index is 1.10. The van der Waals surface area contributed by atoms with Gasteiger partial charge in [-0.3, -0.25) is 0 Å². The lowest BCUT2D eigenvalue weighted by Crippen LogP contribution is -2.34. The number of para-hydroxylation sites is 2. The molecule has 0 amide bonds. The minimum absolute atomic E-state index is 0.181. The molecule has 0 bridgehead atoms. The normalized spacial score (nSPS) is 16.3. The summed E-state index contributed by atoms with van der Waals surface area (Å²) in [4.78, 5) is 2.49. The van der Waals surface area contributed by atoms with Gasteiger partial charge in [0.15, 0.2) is 12.3 Å². The number of hydrogen-bond acceptors (Lipinski definition) is 7. The molecular formula is C60H72N4O4P+. The van der Waals surface area contributed by atoms with Gasteiger partial charge in [-0.15, -0.1) is 0 Å². The molecule has 0 fully saturated rings. The zero-order valence-electron chi connectivity index (χ0n) is 42.3. The number of allylic oxidation sites excluding steroid dienone is 6. The highest BCUT2D eigenvalue weighted by atomic mass is 31.2. The van der Waals surface area contributed by atoms with Gasteiger partial charge in [0, 0.05) is 59.6 Å². The fraction of sp³-hybridized carbons (Fsp3) is 0.367. The number of benzene rings is 5. The topological polar surface area (TPSA) is 70.2 Å². The lowest BCUT2D eigenvalue weighted by Gasteiger charge is -2.36. The van der Waals surface area contributed by atoms with Crippen molar-refractivity contribution in [2.45, 2.75) is 103 Å². The van der Waals surface area contributed by atoms with Crippen molar-refractivity contribution in [1.29, 1.82) is 5.26 Å². The molecule has 8 nitrogen and oxygen atoms in total. The Morgan fingerprint density at radius 1 is 0.681 bits per heavy atom. The second-order valence-electron chi connectivity index (χ2n) is 19.3. The molecule has 360 valence electrons. The zero-order valence-corrected chi connectivity index (χ0v) is 43.2. The Kier molecular flexibility index (Phi) is 17.3. The molecule has 5 aromatic carbocycles. The molecule has 0 aromatic heterocycles. The van der Waals surface area contributed by atoms with E-state index in [2.05, 4.69) is 227 Å². The first-order valence-electron chi connectivity index (χ1n) is 24.6. The van der Waals surface area contributed by atoms with Gasteiger partial charge in [-0.05, 0) is 94.5 Å². The van der Waals surface area contributed by atoms with Crippen LogP contribution in [0.2, 0.25) is 0 Å². The van der Waals surface area contributed by atoms with Gasteiger partial charge < -0.3 is 23.4 Å². The van der Waals surface area contributed by atoms with Crippen LogP contribution < -0.4 is 9.64 Å². The van der Waals surface area contributed by atoms with Crippen LogP contribution in [0.25, 0.3) is 0 Å². The summed E-state index contributed by atoms with van der Waals surface area (Å²) in [6.45, 7) is 21.0. The molecule has 0 saturated heterocycles. The van der Waals surface area contributed by atoms with Gasteiger partial charge in [-0.2, -0.15) is 9.84 Å². The summed E-state index contributed by atoms with van der Waals surface area (Å²) in [7, 11) is 0.414. The highest BCUT2D eigenvalue weighted by Gasteiger charge is 2.44. The molecule has 7 rings (SSSR count). The van der Waals surface area contributed by atoms with E-state index in [1.165, 1.54) is 33.9 Å². The van der Waals surface area contributed by atoms with E-state index in [9.17, 15) is 5.26 Å². The number of anilines is 1. The van der Waals surface area contributed by atoms with E-state index in [0.717, 1.165) is 48.4 Å². The van der Waals surface area contributed by atoms with Gasteiger partial charge in [0.05, 0.1) is 44.8 Å². The van der Waals surface area contributed by atoms with E-state index in [1.54, 1.807) is 7.11 Å². The van der Waals surface area contributed by atoms with E-state index in [4.69, 9.17) is 18.5 Å². The zero-order chi connectivity index (χ0) is 49.0. The van der Waals surface area contributed by atoms with E-state index < -0.39 is 14.1 Å². The lowest BCUT2D eigenvalue weighted by molar-refractivity contribution is -0.438. The predicted octanol–water partition coefficient (Wildman–Crippen LogP) is 13.9. The standard InChI is InChI=1S/C60H72N4O4P/c1-46(2)64(47(3)4)69(67-44-23-40-61)68-45-25-42-63-55-33-22-20-31-53(55)59(7,8)57(63)35-18-12-17-34-56-58(5,6)52-30-19-21-32-54(52)62(56)41-24-43-66-60(48-26-13-10-14-27-48,49-28-15-11-16-29-49)50-36-38-51(65-9)39-37-50/h10-22,26-39,46-47H,23-25,41-45H2,1-9H3/q+1. The lowest BCUT2D eigenvalue weighted by atomic mass is 9.80. The Bertz CT molecular complexity index is 2580. The number of hydrogen-bond donors (Lipinski definition) is 0. The number of nitrogens with zero attached hydrogens (tertiary/aromatic N) is 4. The van der Waals surface area contributed by atoms with Gasteiger partial charge in [0.2, 0.25) is 5.69 Å². The van der Waals surface area contributed by atoms with Crippen LogP contribution in [0.1, 0.15) is 102 Å². The Morgan fingerprint density at radius 3 is 1.91 bits per heavy atom. The summed E-state index contributed by atoms with van der Waals surface area (Å²) in [6, 6.07) is 49.7. The molecular weight excluding hydrogens is 872 g/mol. The molecule has 0 radical (unpaired) electrons. The summed E-state index contributed by atoms with van der Waals surface area (Å²) in [5.74, 6) is 0.810. The molecule has 0 aliphatic carbocycles. The number of fused-ring (bicyclic) bond motifs is 2. The third-order valence-electron chi connectivity index (χ3n) is 13.4. The first-order valence-corrected chi connectivity index (χ1v) is 25.8.